The van der Waals surface area contributed by atoms with Gasteiger partial charge in [-0.15, -0.1) is 6.58 Å². The van der Waals surface area contributed by atoms with Gasteiger partial charge < -0.3 is 4.74 Å². The van der Waals surface area contributed by atoms with E-state index < -0.39 is 16.5 Å². The van der Waals surface area contributed by atoms with Crippen LogP contribution in [0.4, 0.5) is 0 Å². The molecule has 150 valence electrons. The van der Waals surface area contributed by atoms with Crippen molar-refractivity contribution in [1.82, 2.24) is 9.88 Å². The fraction of sp³-hybridized carbons (Fsp3) is 0.450. The van der Waals surface area contributed by atoms with Crippen molar-refractivity contribution in [3.05, 3.63) is 48.7 Å². The second-order valence-corrected chi connectivity index (χ2v) is 8.52. The Morgan fingerprint density at radius 2 is 2.21 bits per heavy atom. The highest BCUT2D eigenvalue weighted by molar-refractivity contribution is 7.80. The van der Waals surface area contributed by atoms with Crippen molar-refractivity contribution in [1.29, 1.82) is 0 Å². The summed E-state index contributed by atoms with van der Waals surface area (Å²) in [6, 6.07) is 7.04. The highest BCUT2D eigenvalue weighted by Crippen LogP contribution is 2.44. The molecule has 4 heterocycles. The molecule has 0 amide bonds. The van der Waals surface area contributed by atoms with E-state index in [-0.39, 0.29) is 6.04 Å². The maximum absolute atomic E-state index is 11.7. The fourth-order valence-corrected chi connectivity index (χ4v) is 5.16. The number of benzene rings is 1. The van der Waals surface area contributed by atoms with E-state index in [1.54, 1.807) is 25.4 Å². The Balaban J connectivity index is 1.80. The van der Waals surface area contributed by atoms with E-state index in [4.69, 9.17) is 8.92 Å². The third-order valence-electron chi connectivity index (χ3n) is 6.02. The summed E-state index contributed by atoms with van der Waals surface area (Å²) >= 11 is 0. The maximum atomic E-state index is 11.7. The van der Waals surface area contributed by atoms with Crippen molar-refractivity contribution in [2.75, 3.05) is 20.2 Å². The first-order valence-electron chi connectivity index (χ1n) is 9.34. The minimum absolute atomic E-state index is 0.159. The summed E-state index contributed by atoms with van der Waals surface area (Å²) in [7, 11) is -3.07. The highest BCUT2D eigenvalue weighted by atomic mass is 32.3. The van der Waals surface area contributed by atoms with E-state index in [1.807, 2.05) is 18.2 Å². The summed E-state index contributed by atoms with van der Waals surface area (Å²) in [5.74, 6) is 1.47. The molecule has 5 rings (SSSR count). The summed E-state index contributed by atoms with van der Waals surface area (Å²) < 4.78 is 43.5. The molecule has 3 aliphatic heterocycles. The number of pyridine rings is 1. The predicted octanol–water partition coefficient (Wildman–Crippen LogP) is 3.00. The van der Waals surface area contributed by atoms with Gasteiger partial charge in [0, 0.05) is 24.2 Å². The second-order valence-electron chi connectivity index (χ2n) is 7.47. The van der Waals surface area contributed by atoms with E-state index >= 15 is 0 Å². The first-order valence-corrected chi connectivity index (χ1v) is 10.7. The largest absolute Gasteiger partial charge is 0.497 e. The van der Waals surface area contributed by atoms with Crippen LogP contribution < -0.4 is 4.74 Å². The van der Waals surface area contributed by atoms with Crippen molar-refractivity contribution < 1.29 is 21.9 Å². The molecular weight excluding hydrogens is 380 g/mol. The fourth-order valence-electron chi connectivity index (χ4n) is 4.67. The van der Waals surface area contributed by atoms with Gasteiger partial charge in [-0.2, -0.15) is 8.42 Å². The van der Waals surface area contributed by atoms with Gasteiger partial charge in [-0.1, -0.05) is 6.08 Å². The van der Waals surface area contributed by atoms with E-state index in [9.17, 15) is 13.0 Å². The molecule has 2 bridgehead atoms. The standard InChI is InChI=1S/C20H24N2O5S/c1-3-13-12-22-9-7-14(13)10-19(22)20(27-28(23,24)25)16-6-8-21-18-5-4-15(26-2)11-17(16)18/h3-6,8,11,13-14,19-20H,1,7,9-10,12H2,2H3,(H,23,24,25)/t13?,14?,19?,20-/m0/s1. The quantitative estimate of drug-likeness (QED) is 0.585. The number of aromatic nitrogens is 1. The molecule has 0 radical (unpaired) electrons. The molecular formula is C20H24N2O5S. The number of piperidine rings is 3. The van der Waals surface area contributed by atoms with Crippen molar-refractivity contribution in [3.8, 4) is 5.75 Å². The number of ether oxygens (including phenoxy) is 1. The van der Waals surface area contributed by atoms with Gasteiger partial charge in [0.1, 0.15) is 11.9 Å². The van der Waals surface area contributed by atoms with Gasteiger partial charge >= 0.3 is 10.4 Å². The highest BCUT2D eigenvalue weighted by Gasteiger charge is 2.44. The van der Waals surface area contributed by atoms with Crippen molar-refractivity contribution >= 4 is 21.3 Å². The Bertz CT molecular complexity index is 993. The molecule has 3 saturated heterocycles. The number of hydrogen-bond donors (Lipinski definition) is 1. The van der Waals surface area contributed by atoms with Gasteiger partial charge in [0.05, 0.1) is 12.6 Å². The molecule has 0 aliphatic carbocycles. The van der Waals surface area contributed by atoms with Gasteiger partial charge in [-0.25, -0.2) is 4.18 Å². The lowest BCUT2D eigenvalue weighted by atomic mass is 9.73. The Morgan fingerprint density at radius 1 is 1.39 bits per heavy atom. The molecule has 7 nitrogen and oxygen atoms in total. The zero-order valence-electron chi connectivity index (χ0n) is 15.7. The molecule has 28 heavy (non-hydrogen) atoms. The second kappa shape index (κ2) is 7.44. The van der Waals surface area contributed by atoms with Crippen LogP contribution in [0.5, 0.6) is 5.75 Å². The van der Waals surface area contributed by atoms with Crippen LogP contribution in [0.3, 0.4) is 0 Å². The van der Waals surface area contributed by atoms with Crippen LogP contribution in [0.15, 0.2) is 43.1 Å². The SMILES string of the molecule is C=CC1CN2CCC1CC2[C@@H](OS(=O)(=O)O)c1ccnc2ccc(OC)cc12. The zero-order valence-corrected chi connectivity index (χ0v) is 16.5. The number of hydrogen-bond acceptors (Lipinski definition) is 6. The Kier molecular flexibility index (Phi) is 5.13. The molecule has 8 heteroatoms. The average Bonchev–Trinajstić information content (AvgIpc) is 2.70. The molecule has 5 atom stereocenters. The van der Waals surface area contributed by atoms with Crippen LogP contribution in [0.2, 0.25) is 0 Å². The summed E-state index contributed by atoms with van der Waals surface area (Å²) in [5.41, 5.74) is 1.39. The van der Waals surface area contributed by atoms with Gasteiger partial charge in [-0.3, -0.25) is 14.4 Å². The third kappa shape index (κ3) is 3.65. The van der Waals surface area contributed by atoms with Crippen LogP contribution in [0, 0.1) is 11.8 Å². The lowest BCUT2D eigenvalue weighted by Gasteiger charge is -2.51. The normalized spacial score (nSPS) is 28.2. The molecule has 1 aromatic carbocycles. The molecule has 3 fully saturated rings. The maximum Gasteiger partial charge on any atom is 0.398 e. The van der Waals surface area contributed by atoms with Gasteiger partial charge in [0.15, 0.2) is 0 Å². The average molecular weight is 404 g/mol. The first kappa shape index (κ1) is 19.3. The molecule has 1 N–H and O–H groups in total. The van der Waals surface area contributed by atoms with E-state index in [0.29, 0.717) is 28.7 Å². The molecule has 0 saturated carbocycles. The van der Waals surface area contributed by atoms with Crippen LogP contribution in [-0.4, -0.2) is 49.1 Å². The third-order valence-corrected chi connectivity index (χ3v) is 6.47. The molecule has 1 aromatic heterocycles. The van der Waals surface area contributed by atoms with Crippen LogP contribution in [0.1, 0.15) is 24.5 Å². The topological polar surface area (TPSA) is 89.0 Å². The monoisotopic (exact) mass is 404 g/mol. The predicted molar refractivity (Wildman–Crippen MR) is 105 cm³/mol. The van der Waals surface area contributed by atoms with Gasteiger partial charge in [-0.05, 0) is 61.1 Å². The summed E-state index contributed by atoms with van der Waals surface area (Å²) in [5, 5.41) is 0.749. The summed E-state index contributed by atoms with van der Waals surface area (Å²) in [4.78, 5) is 6.61. The summed E-state index contributed by atoms with van der Waals surface area (Å²) in [6.45, 7) is 5.62. The van der Waals surface area contributed by atoms with Crippen LogP contribution >= 0.6 is 0 Å². The van der Waals surface area contributed by atoms with E-state index in [2.05, 4.69) is 16.5 Å². The lowest BCUT2D eigenvalue weighted by molar-refractivity contribution is -0.0365. The minimum atomic E-state index is -4.64. The smallest absolute Gasteiger partial charge is 0.398 e. The zero-order chi connectivity index (χ0) is 19.9. The molecule has 4 unspecified atom stereocenters. The Hall–Kier alpha value is -2.00. The van der Waals surface area contributed by atoms with E-state index in [1.165, 1.54) is 0 Å². The van der Waals surface area contributed by atoms with Crippen molar-refractivity contribution in [2.24, 2.45) is 11.8 Å². The minimum Gasteiger partial charge on any atom is -0.497 e. The van der Waals surface area contributed by atoms with Crippen molar-refractivity contribution in [3.63, 3.8) is 0 Å². The molecule has 0 spiro atoms. The Morgan fingerprint density at radius 3 is 2.86 bits per heavy atom. The van der Waals surface area contributed by atoms with Crippen LogP contribution in [0.25, 0.3) is 10.9 Å². The number of fused-ring (bicyclic) bond motifs is 4. The summed E-state index contributed by atoms with van der Waals surface area (Å²) in [6.07, 6.45) is 4.62. The number of nitrogens with zero attached hydrogens (tertiary/aromatic N) is 2. The van der Waals surface area contributed by atoms with Gasteiger partial charge in [0.2, 0.25) is 0 Å². The number of rotatable bonds is 6. The van der Waals surface area contributed by atoms with Crippen molar-refractivity contribution in [2.45, 2.75) is 25.0 Å². The molecule has 2 aromatic rings. The van der Waals surface area contributed by atoms with Crippen LogP contribution in [-0.2, 0) is 14.6 Å². The first-order chi connectivity index (χ1) is 13.4. The lowest BCUT2D eigenvalue weighted by Crippen LogP contribution is -2.55. The molecule has 3 aliphatic rings. The number of methoxy groups -OCH3 is 1. The Labute approximate surface area is 164 Å². The van der Waals surface area contributed by atoms with E-state index in [0.717, 1.165) is 31.3 Å². The van der Waals surface area contributed by atoms with Gasteiger partial charge in [0.25, 0.3) is 0 Å².